The quantitative estimate of drug-likeness (QED) is 0.612. The average molecular weight is 312 g/mol. The first kappa shape index (κ1) is 17.5. The number of nitrogens with one attached hydrogen (secondary N) is 1. The molecule has 0 aliphatic rings. The smallest absolute Gasteiger partial charge is 0.411 e. The SMILES string of the molecule is CCOc1cc(NC(=O)OC(C)C)cc([N+](=O)[O-])c1OCC. The molecule has 1 aromatic carbocycles. The average Bonchev–Trinajstić information content (AvgIpc) is 2.40. The molecule has 0 saturated carbocycles. The third-order valence-corrected chi connectivity index (χ3v) is 2.41. The van der Waals surface area contributed by atoms with Gasteiger partial charge in [0.15, 0.2) is 5.75 Å². The first-order valence-electron chi connectivity index (χ1n) is 6.94. The highest BCUT2D eigenvalue weighted by atomic mass is 16.6. The van der Waals surface area contributed by atoms with Gasteiger partial charge in [-0.1, -0.05) is 0 Å². The molecule has 8 nitrogen and oxygen atoms in total. The molecule has 0 heterocycles. The van der Waals surface area contributed by atoms with Gasteiger partial charge in [-0.3, -0.25) is 15.4 Å². The number of hydrogen-bond acceptors (Lipinski definition) is 6. The molecule has 0 bridgehead atoms. The van der Waals surface area contributed by atoms with Gasteiger partial charge in [-0.2, -0.15) is 0 Å². The number of nitrogens with zero attached hydrogens (tertiary/aromatic N) is 1. The lowest BCUT2D eigenvalue weighted by molar-refractivity contribution is -0.385. The van der Waals surface area contributed by atoms with E-state index in [1.54, 1.807) is 27.7 Å². The molecule has 8 heteroatoms. The molecule has 1 aromatic rings. The molecule has 1 rings (SSSR count). The lowest BCUT2D eigenvalue weighted by atomic mass is 10.2. The van der Waals surface area contributed by atoms with Crippen LogP contribution in [0.15, 0.2) is 12.1 Å². The fourth-order valence-corrected chi connectivity index (χ4v) is 1.71. The van der Waals surface area contributed by atoms with Gasteiger partial charge in [0.2, 0.25) is 5.75 Å². The fourth-order valence-electron chi connectivity index (χ4n) is 1.71. The van der Waals surface area contributed by atoms with Gasteiger partial charge in [-0.05, 0) is 27.7 Å². The molecule has 0 spiro atoms. The summed E-state index contributed by atoms with van der Waals surface area (Å²) in [6.07, 6.45) is -1.00. The van der Waals surface area contributed by atoms with Crippen LogP contribution in [0, 0.1) is 10.1 Å². The summed E-state index contributed by atoms with van der Waals surface area (Å²) < 4.78 is 15.6. The van der Waals surface area contributed by atoms with Crippen molar-refractivity contribution in [2.45, 2.75) is 33.8 Å². The highest BCUT2D eigenvalue weighted by Crippen LogP contribution is 2.40. The number of rotatable bonds is 7. The van der Waals surface area contributed by atoms with E-state index in [2.05, 4.69) is 5.32 Å². The minimum atomic E-state index is -0.698. The van der Waals surface area contributed by atoms with Crippen LogP contribution in [0.3, 0.4) is 0 Å². The number of benzene rings is 1. The number of nitro groups is 1. The van der Waals surface area contributed by atoms with Gasteiger partial charge in [-0.15, -0.1) is 0 Å². The second kappa shape index (κ2) is 8.06. The summed E-state index contributed by atoms with van der Waals surface area (Å²) in [6.45, 7) is 7.41. The lowest BCUT2D eigenvalue weighted by Crippen LogP contribution is -2.18. The summed E-state index contributed by atoms with van der Waals surface area (Å²) >= 11 is 0. The predicted molar refractivity (Wildman–Crippen MR) is 80.7 cm³/mol. The van der Waals surface area contributed by atoms with Gasteiger partial charge in [0, 0.05) is 12.1 Å². The molecule has 22 heavy (non-hydrogen) atoms. The highest BCUT2D eigenvalue weighted by molar-refractivity contribution is 5.86. The summed E-state index contributed by atoms with van der Waals surface area (Å²) in [5.41, 5.74) is -0.0862. The Morgan fingerprint density at radius 2 is 1.91 bits per heavy atom. The molecular weight excluding hydrogens is 292 g/mol. The van der Waals surface area contributed by atoms with E-state index in [0.717, 1.165) is 0 Å². The highest BCUT2D eigenvalue weighted by Gasteiger charge is 2.23. The lowest BCUT2D eigenvalue weighted by Gasteiger charge is -2.14. The van der Waals surface area contributed by atoms with Crippen molar-refractivity contribution in [3.05, 3.63) is 22.2 Å². The van der Waals surface area contributed by atoms with Crippen LogP contribution in [0.1, 0.15) is 27.7 Å². The number of carbonyl (C=O) groups is 1. The second-order valence-corrected chi connectivity index (χ2v) is 4.52. The molecule has 0 radical (unpaired) electrons. The summed E-state index contributed by atoms with van der Waals surface area (Å²) in [4.78, 5) is 22.2. The number of anilines is 1. The second-order valence-electron chi connectivity index (χ2n) is 4.52. The van der Waals surface area contributed by atoms with Crippen LogP contribution in [0.25, 0.3) is 0 Å². The molecule has 1 amide bonds. The molecule has 0 aliphatic heterocycles. The van der Waals surface area contributed by atoms with E-state index in [9.17, 15) is 14.9 Å². The number of carbonyl (C=O) groups excluding carboxylic acids is 1. The van der Waals surface area contributed by atoms with Crippen molar-refractivity contribution >= 4 is 17.5 Å². The zero-order valence-corrected chi connectivity index (χ0v) is 13.0. The normalized spacial score (nSPS) is 10.2. The van der Waals surface area contributed by atoms with Crippen molar-refractivity contribution in [3.8, 4) is 11.5 Å². The third kappa shape index (κ3) is 4.80. The Labute approximate surface area is 128 Å². The predicted octanol–water partition coefficient (Wildman–Crippen LogP) is 3.35. The van der Waals surface area contributed by atoms with Crippen molar-refractivity contribution in [2.24, 2.45) is 0 Å². The molecule has 0 saturated heterocycles. The van der Waals surface area contributed by atoms with E-state index in [1.807, 2.05) is 0 Å². The fraction of sp³-hybridized carbons (Fsp3) is 0.500. The summed E-state index contributed by atoms with van der Waals surface area (Å²) in [5.74, 6) is 0.232. The van der Waals surface area contributed by atoms with Gasteiger partial charge in [0.05, 0.1) is 29.9 Å². The number of ether oxygens (including phenoxy) is 3. The van der Waals surface area contributed by atoms with Crippen LogP contribution >= 0.6 is 0 Å². The van der Waals surface area contributed by atoms with Crippen LogP contribution < -0.4 is 14.8 Å². The van der Waals surface area contributed by atoms with E-state index >= 15 is 0 Å². The van der Waals surface area contributed by atoms with Crippen LogP contribution in [0.5, 0.6) is 11.5 Å². The van der Waals surface area contributed by atoms with E-state index in [-0.39, 0.29) is 35.6 Å². The Morgan fingerprint density at radius 1 is 1.27 bits per heavy atom. The molecule has 122 valence electrons. The number of amides is 1. The monoisotopic (exact) mass is 312 g/mol. The van der Waals surface area contributed by atoms with Crippen LogP contribution in [-0.4, -0.2) is 30.3 Å². The van der Waals surface area contributed by atoms with Crippen molar-refractivity contribution in [3.63, 3.8) is 0 Å². The topological polar surface area (TPSA) is 99.9 Å². The maximum absolute atomic E-state index is 11.6. The van der Waals surface area contributed by atoms with Crippen molar-refractivity contribution < 1.29 is 23.9 Å². The van der Waals surface area contributed by atoms with Gasteiger partial charge < -0.3 is 14.2 Å². The van der Waals surface area contributed by atoms with Crippen molar-refractivity contribution in [2.75, 3.05) is 18.5 Å². The first-order chi connectivity index (χ1) is 10.4. The minimum Gasteiger partial charge on any atom is -0.490 e. The van der Waals surface area contributed by atoms with Gasteiger partial charge in [-0.25, -0.2) is 4.79 Å². The van der Waals surface area contributed by atoms with Gasteiger partial charge >= 0.3 is 11.8 Å². The first-order valence-corrected chi connectivity index (χ1v) is 6.94. The number of nitro benzene ring substituents is 1. The Kier molecular flexibility index (Phi) is 6.43. The molecule has 0 fully saturated rings. The third-order valence-electron chi connectivity index (χ3n) is 2.41. The Hall–Kier alpha value is -2.51. The van der Waals surface area contributed by atoms with Crippen molar-refractivity contribution in [1.82, 2.24) is 0 Å². The standard InChI is InChI=1S/C14H20N2O6/c1-5-20-12-8-10(15-14(17)22-9(3)4)7-11(16(18)19)13(12)21-6-2/h7-9H,5-6H2,1-4H3,(H,15,17). The van der Waals surface area contributed by atoms with Crippen LogP contribution in [0.2, 0.25) is 0 Å². The minimum absolute atomic E-state index is 0.0390. The van der Waals surface area contributed by atoms with Crippen LogP contribution in [0.4, 0.5) is 16.2 Å². The zero-order valence-electron chi connectivity index (χ0n) is 13.0. The largest absolute Gasteiger partial charge is 0.490 e. The van der Waals surface area contributed by atoms with E-state index in [4.69, 9.17) is 14.2 Å². The van der Waals surface area contributed by atoms with E-state index in [0.29, 0.717) is 6.61 Å². The summed E-state index contributed by atoms with van der Waals surface area (Å²) in [6, 6.07) is 2.66. The van der Waals surface area contributed by atoms with Crippen molar-refractivity contribution in [1.29, 1.82) is 0 Å². The molecule has 1 N–H and O–H groups in total. The summed E-state index contributed by atoms with van der Waals surface area (Å²) in [5, 5.41) is 13.6. The van der Waals surface area contributed by atoms with Gasteiger partial charge in [0.1, 0.15) is 0 Å². The van der Waals surface area contributed by atoms with E-state index < -0.39 is 11.0 Å². The maximum atomic E-state index is 11.6. The van der Waals surface area contributed by atoms with E-state index in [1.165, 1.54) is 12.1 Å². The Bertz CT molecular complexity index is 544. The Morgan fingerprint density at radius 3 is 2.41 bits per heavy atom. The van der Waals surface area contributed by atoms with Crippen LogP contribution in [-0.2, 0) is 4.74 Å². The molecular formula is C14H20N2O6. The van der Waals surface area contributed by atoms with Gasteiger partial charge in [0.25, 0.3) is 0 Å². The molecule has 0 unspecified atom stereocenters. The number of hydrogen-bond donors (Lipinski definition) is 1. The Balaban J connectivity index is 3.18. The molecule has 0 aromatic heterocycles. The molecule has 0 aliphatic carbocycles. The zero-order chi connectivity index (χ0) is 16.7. The molecule has 0 atom stereocenters. The summed E-state index contributed by atoms with van der Waals surface area (Å²) in [7, 11) is 0. The maximum Gasteiger partial charge on any atom is 0.411 e.